The van der Waals surface area contributed by atoms with Crippen molar-refractivity contribution in [2.24, 2.45) is 22.5 Å². The summed E-state index contributed by atoms with van der Waals surface area (Å²) in [6, 6.07) is 0. The third-order valence-electron chi connectivity index (χ3n) is 5.38. The molecular formula is C13H23NOS. The molecule has 92 valence electrons. The van der Waals surface area contributed by atoms with E-state index in [1.165, 1.54) is 19.3 Å². The van der Waals surface area contributed by atoms with Crippen LogP contribution >= 0.6 is 12.2 Å². The monoisotopic (exact) mass is 241 g/mol. The summed E-state index contributed by atoms with van der Waals surface area (Å²) in [4.78, 5) is 0.563. The summed E-state index contributed by atoms with van der Waals surface area (Å²) in [6.07, 6.45) is 5.03. The van der Waals surface area contributed by atoms with E-state index in [4.69, 9.17) is 22.7 Å². The summed E-state index contributed by atoms with van der Waals surface area (Å²) in [5, 5.41) is 0. The van der Waals surface area contributed by atoms with Crippen molar-refractivity contribution in [3.8, 4) is 0 Å². The van der Waals surface area contributed by atoms with Crippen molar-refractivity contribution in [2.45, 2.75) is 52.6 Å². The predicted octanol–water partition coefficient (Wildman–Crippen LogP) is 2.89. The van der Waals surface area contributed by atoms with E-state index in [9.17, 15) is 0 Å². The van der Waals surface area contributed by atoms with Crippen molar-refractivity contribution in [1.82, 2.24) is 0 Å². The van der Waals surface area contributed by atoms with E-state index in [0.29, 0.717) is 35.0 Å². The lowest BCUT2D eigenvalue weighted by molar-refractivity contribution is -0.0437. The first-order valence-electron chi connectivity index (χ1n) is 6.28. The Balaban J connectivity index is 1.96. The average Bonchev–Trinajstić information content (AvgIpc) is 2.49. The highest BCUT2D eigenvalue weighted by atomic mass is 32.1. The van der Waals surface area contributed by atoms with Crippen molar-refractivity contribution < 1.29 is 4.74 Å². The fraction of sp³-hybridized carbons (Fsp3) is 0.923. The molecule has 0 aromatic rings. The number of ether oxygens (including phenoxy) is 1. The first-order valence-corrected chi connectivity index (χ1v) is 6.68. The van der Waals surface area contributed by atoms with Gasteiger partial charge in [-0.1, -0.05) is 33.0 Å². The molecule has 0 aliphatic heterocycles. The van der Waals surface area contributed by atoms with Gasteiger partial charge in [-0.2, -0.15) is 0 Å². The minimum absolute atomic E-state index is 0.355. The fourth-order valence-electron chi connectivity index (χ4n) is 3.68. The van der Waals surface area contributed by atoms with Crippen molar-refractivity contribution >= 4 is 17.2 Å². The Morgan fingerprint density at radius 1 is 1.44 bits per heavy atom. The average molecular weight is 241 g/mol. The second-order valence-corrected chi connectivity index (χ2v) is 6.71. The second kappa shape index (κ2) is 3.95. The smallest absolute Gasteiger partial charge is 0.0750 e. The highest BCUT2D eigenvalue weighted by Gasteiger charge is 2.61. The van der Waals surface area contributed by atoms with Crippen LogP contribution in [0.25, 0.3) is 0 Å². The molecule has 3 unspecified atom stereocenters. The molecule has 2 aliphatic carbocycles. The maximum absolute atomic E-state index is 6.02. The number of thiocarbonyl (C=S) groups is 1. The van der Waals surface area contributed by atoms with Crippen LogP contribution in [-0.2, 0) is 4.74 Å². The van der Waals surface area contributed by atoms with E-state index in [1.807, 2.05) is 0 Å². The molecule has 2 aliphatic rings. The van der Waals surface area contributed by atoms with E-state index < -0.39 is 0 Å². The number of hydrogen-bond acceptors (Lipinski definition) is 2. The third-order valence-corrected chi connectivity index (χ3v) is 5.59. The molecule has 3 atom stereocenters. The van der Waals surface area contributed by atoms with Crippen molar-refractivity contribution in [2.75, 3.05) is 6.61 Å². The summed E-state index contributed by atoms with van der Waals surface area (Å²) in [7, 11) is 0. The van der Waals surface area contributed by atoms with Gasteiger partial charge in [0.2, 0.25) is 0 Å². The second-order valence-electron chi connectivity index (χ2n) is 6.19. The van der Waals surface area contributed by atoms with E-state index in [-0.39, 0.29) is 0 Å². The topological polar surface area (TPSA) is 35.2 Å². The molecule has 2 nitrogen and oxygen atoms in total. The zero-order valence-electron chi connectivity index (χ0n) is 10.6. The highest BCUT2D eigenvalue weighted by molar-refractivity contribution is 7.80. The Labute approximate surface area is 104 Å². The Morgan fingerprint density at radius 2 is 2.12 bits per heavy atom. The largest absolute Gasteiger partial charge is 0.393 e. The molecule has 16 heavy (non-hydrogen) atoms. The van der Waals surface area contributed by atoms with Gasteiger partial charge in [-0.3, -0.25) is 0 Å². The summed E-state index contributed by atoms with van der Waals surface area (Å²) in [5.74, 6) is 0.840. The first kappa shape index (κ1) is 12.3. The van der Waals surface area contributed by atoms with Crippen LogP contribution in [0, 0.1) is 16.7 Å². The molecule has 0 radical (unpaired) electrons. The SMILES string of the molecule is CC1(C)C2CCC1(C)C(OCCC(N)=S)C2. The van der Waals surface area contributed by atoms with Gasteiger partial charge >= 0.3 is 0 Å². The quantitative estimate of drug-likeness (QED) is 0.769. The lowest BCUT2D eigenvalue weighted by Gasteiger charge is -2.38. The van der Waals surface area contributed by atoms with Crippen molar-refractivity contribution in [3.05, 3.63) is 0 Å². The lowest BCUT2D eigenvalue weighted by atomic mass is 9.70. The van der Waals surface area contributed by atoms with Gasteiger partial charge in [-0.25, -0.2) is 0 Å². The van der Waals surface area contributed by atoms with Gasteiger partial charge in [0.05, 0.1) is 17.7 Å². The highest BCUT2D eigenvalue weighted by Crippen LogP contribution is 2.66. The van der Waals surface area contributed by atoms with Crippen LogP contribution in [0.5, 0.6) is 0 Å². The van der Waals surface area contributed by atoms with Gasteiger partial charge in [0.15, 0.2) is 0 Å². The normalized spacial score (nSPS) is 40.2. The van der Waals surface area contributed by atoms with Crippen LogP contribution in [-0.4, -0.2) is 17.7 Å². The van der Waals surface area contributed by atoms with Crippen LogP contribution in [0.15, 0.2) is 0 Å². The summed E-state index contributed by atoms with van der Waals surface area (Å²) in [6.45, 7) is 7.90. The molecular weight excluding hydrogens is 218 g/mol. The first-order chi connectivity index (χ1) is 7.38. The standard InChI is InChI=1S/C13H23NOS/c1-12(2)9-4-6-13(12,3)10(8-9)15-7-5-11(14)16/h9-10H,4-8H2,1-3H3,(H2,14,16). The van der Waals surface area contributed by atoms with E-state index in [1.54, 1.807) is 0 Å². The maximum atomic E-state index is 6.02. The van der Waals surface area contributed by atoms with Gasteiger partial charge in [0.25, 0.3) is 0 Å². The van der Waals surface area contributed by atoms with E-state index >= 15 is 0 Å². The van der Waals surface area contributed by atoms with Crippen LogP contribution in [0.3, 0.4) is 0 Å². The molecule has 2 bridgehead atoms. The number of rotatable bonds is 4. The summed E-state index contributed by atoms with van der Waals surface area (Å²) in [5.41, 5.74) is 6.28. The minimum atomic E-state index is 0.355. The molecule has 0 heterocycles. The molecule has 2 rings (SSSR count). The van der Waals surface area contributed by atoms with Crippen LogP contribution < -0.4 is 5.73 Å². The Bertz CT molecular complexity index is 302. The minimum Gasteiger partial charge on any atom is -0.393 e. The van der Waals surface area contributed by atoms with Gasteiger partial charge < -0.3 is 10.5 Å². The number of fused-ring (bicyclic) bond motifs is 2. The zero-order chi connectivity index (χ0) is 12.0. The molecule has 3 heteroatoms. The van der Waals surface area contributed by atoms with Gasteiger partial charge in [-0.15, -0.1) is 0 Å². The third kappa shape index (κ3) is 1.68. The molecule has 2 N–H and O–H groups in total. The molecule has 0 spiro atoms. The Morgan fingerprint density at radius 3 is 2.56 bits per heavy atom. The van der Waals surface area contributed by atoms with Crippen LogP contribution in [0.2, 0.25) is 0 Å². The fourth-order valence-corrected chi connectivity index (χ4v) is 3.77. The van der Waals surface area contributed by atoms with E-state index in [0.717, 1.165) is 5.92 Å². The lowest BCUT2D eigenvalue weighted by Crippen LogP contribution is -2.37. The van der Waals surface area contributed by atoms with Crippen LogP contribution in [0.1, 0.15) is 46.5 Å². The van der Waals surface area contributed by atoms with Crippen LogP contribution in [0.4, 0.5) is 0 Å². The zero-order valence-corrected chi connectivity index (χ0v) is 11.4. The summed E-state index contributed by atoms with van der Waals surface area (Å²) < 4.78 is 6.02. The summed E-state index contributed by atoms with van der Waals surface area (Å²) >= 11 is 4.87. The molecule has 0 aromatic carbocycles. The molecule has 2 saturated carbocycles. The maximum Gasteiger partial charge on any atom is 0.0750 e. The molecule has 0 amide bonds. The van der Waals surface area contributed by atoms with Gasteiger partial charge in [-0.05, 0) is 36.0 Å². The molecule has 0 saturated heterocycles. The molecule has 0 aromatic heterocycles. The molecule has 2 fully saturated rings. The van der Waals surface area contributed by atoms with Crippen molar-refractivity contribution in [1.29, 1.82) is 0 Å². The van der Waals surface area contributed by atoms with E-state index in [2.05, 4.69) is 20.8 Å². The van der Waals surface area contributed by atoms with Crippen molar-refractivity contribution in [3.63, 3.8) is 0 Å². The Kier molecular flexibility index (Phi) is 3.04. The van der Waals surface area contributed by atoms with Gasteiger partial charge in [0, 0.05) is 6.42 Å². The number of hydrogen-bond donors (Lipinski definition) is 1. The Hall–Kier alpha value is -0.150. The predicted molar refractivity (Wildman–Crippen MR) is 70.4 cm³/mol. The van der Waals surface area contributed by atoms with Gasteiger partial charge in [0.1, 0.15) is 0 Å². The number of nitrogens with two attached hydrogens (primary N) is 1.